The summed E-state index contributed by atoms with van der Waals surface area (Å²) in [6.07, 6.45) is 4.78. The molecule has 5 heteroatoms. The maximum atomic E-state index is 12.3. The molecule has 5 nitrogen and oxygen atoms in total. The van der Waals surface area contributed by atoms with Gasteiger partial charge in [-0.15, -0.1) is 0 Å². The molecular formula is C15H12N4O. The van der Waals surface area contributed by atoms with Crippen LogP contribution in [0.4, 0.5) is 5.82 Å². The van der Waals surface area contributed by atoms with E-state index in [4.69, 9.17) is 0 Å². The van der Waals surface area contributed by atoms with Crippen LogP contribution in [0.3, 0.4) is 0 Å². The number of amides is 1. The molecule has 1 N–H and O–H groups in total. The van der Waals surface area contributed by atoms with E-state index in [9.17, 15) is 4.79 Å². The van der Waals surface area contributed by atoms with E-state index in [1.807, 2.05) is 36.4 Å². The lowest BCUT2D eigenvalue weighted by Crippen LogP contribution is -2.16. The van der Waals surface area contributed by atoms with Crippen LogP contribution in [-0.4, -0.2) is 20.4 Å². The van der Waals surface area contributed by atoms with Gasteiger partial charge in [-0.05, 0) is 24.3 Å². The van der Waals surface area contributed by atoms with Gasteiger partial charge in [-0.25, -0.2) is 9.97 Å². The molecule has 1 aromatic carbocycles. The van der Waals surface area contributed by atoms with E-state index in [0.29, 0.717) is 11.5 Å². The molecule has 0 saturated heterocycles. The second-order valence-electron chi connectivity index (χ2n) is 4.15. The molecule has 0 spiro atoms. The Kier molecular flexibility index (Phi) is 3.24. The van der Waals surface area contributed by atoms with Crippen molar-refractivity contribution in [1.29, 1.82) is 0 Å². The molecule has 2 heterocycles. The minimum Gasteiger partial charge on any atom is -0.305 e. The quantitative estimate of drug-likeness (QED) is 0.790. The standard InChI is InChI=1S/C15H12N4O/c20-15(18-14-8-4-5-9-17-14)13-10-16-11-19(13)12-6-2-1-3-7-12/h1-11H,(H,17,18,20). The number of carbonyl (C=O) groups is 1. The van der Waals surface area contributed by atoms with Crippen LogP contribution in [0.5, 0.6) is 0 Å². The van der Waals surface area contributed by atoms with E-state index in [1.165, 1.54) is 6.20 Å². The molecule has 1 amide bonds. The van der Waals surface area contributed by atoms with Crippen LogP contribution < -0.4 is 5.32 Å². The van der Waals surface area contributed by atoms with E-state index >= 15 is 0 Å². The van der Waals surface area contributed by atoms with Gasteiger partial charge < -0.3 is 5.32 Å². The Balaban J connectivity index is 1.88. The second kappa shape index (κ2) is 5.36. The Labute approximate surface area is 115 Å². The first-order valence-electron chi connectivity index (χ1n) is 6.15. The third kappa shape index (κ3) is 2.42. The first-order valence-corrected chi connectivity index (χ1v) is 6.15. The van der Waals surface area contributed by atoms with Gasteiger partial charge in [0.1, 0.15) is 11.5 Å². The minimum atomic E-state index is -0.245. The molecule has 0 saturated carbocycles. The van der Waals surface area contributed by atoms with Crippen molar-refractivity contribution in [2.45, 2.75) is 0 Å². The molecule has 20 heavy (non-hydrogen) atoms. The first-order chi connectivity index (χ1) is 9.84. The van der Waals surface area contributed by atoms with Crippen LogP contribution in [0.15, 0.2) is 67.3 Å². The van der Waals surface area contributed by atoms with Crippen molar-refractivity contribution < 1.29 is 4.79 Å². The number of benzene rings is 1. The molecule has 0 aliphatic carbocycles. The van der Waals surface area contributed by atoms with Gasteiger partial charge in [0, 0.05) is 11.9 Å². The van der Waals surface area contributed by atoms with E-state index in [1.54, 1.807) is 29.2 Å². The number of carbonyl (C=O) groups excluding carboxylic acids is 1. The number of pyridine rings is 1. The lowest BCUT2D eigenvalue weighted by Gasteiger charge is -2.08. The fourth-order valence-electron chi connectivity index (χ4n) is 1.87. The predicted octanol–water partition coefficient (Wildman–Crippen LogP) is 2.52. The van der Waals surface area contributed by atoms with Gasteiger partial charge in [-0.3, -0.25) is 9.36 Å². The Morgan fingerprint density at radius 3 is 2.60 bits per heavy atom. The van der Waals surface area contributed by atoms with Gasteiger partial charge in [0.15, 0.2) is 0 Å². The number of hydrogen-bond donors (Lipinski definition) is 1. The number of imidazole rings is 1. The number of hydrogen-bond acceptors (Lipinski definition) is 3. The Morgan fingerprint density at radius 1 is 1.05 bits per heavy atom. The van der Waals surface area contributed by atoms with Crippen LogP contribution in [0.25, 0.3) is 5.69 Å². The van der Waals surface area contributed by atoms with Gasteiger partial charge in [0.2, 0.25) is 0 Å². The molecule has 0 bridgehead atoms. The average molecular weight is 264 g/mol. The fraction of sp³-hybridized carbons (Fsp3) is 0. The molecule has 0 fully saturated rings. The van der Waals surface area contributed by atoms with Crippen molar-refractivity contribution in [2.75, 3.05) is 5.32 Å². The van der Waals surface area contributed by atoms with E-state index < -0.39 is 0 Å². The monoisotopic (exact) mass is 264 g/mol. The number of para-hydroxylation sites is 1. The first kappa shape index (κ1) is 12.1. The normalized spacial score (nSPS) is 10.2. The predicted molar refractivity (Wildman–Crippen MR) is 75.8 cm³/mol. The topological polar surface area (TPSA) is 59.8 Å². The highest BCUT2D eigenvalue weighted by Gasteiger charge is 2.13. The zero-order valence-electron chi connectivity index (χ0n) is 10.6. The molecule has 0 unspecified atom stereocenters. The summed E-state index contributed by atoms with van der Waals surface area (Å²) in [4.78, 5) is 20.4. The summed E-state index contributed by atoms with van der Waals surface area (Å²) in [5, 5.41) is 2.74. The van der Waals surface area contributed by atoms with Gasteiger partial charge in [-0.2, -0.15) is 0 Å². The van der Waals surface area contributed by atoms with Gasteiger partial charge >= 0.3 is 0 Å². The Bertz CT molecular complexity index is 707. The lowest BCUT2D eigenvalue weighted by molar-refractivity contribution is 0.102. The highest BCUT2D eigenvalue weighted by atomic mass is 16.2. The Morgan fingerprint density at radius 2 is 1.85 bits per heavy atom. The van der Waals surface area contributed by atoms with Gasteiger partial charge in [0.25, 0.3) is 5.91 Å². The second-order valence-corrected chi connectivity index (χ2v) is 4.15. The molecule has 0 radical (unpaired) electrons. The van der Waals surface area contributed by atoms with Crippen molar-refractivity contribution in [3.8, 4) is 5.69 Å². The van der Waals surface area contributed by atoms with E-state index in [0.717, 1.165) is 5.69 Å². The molecular weight excluding hydrogens is 252 g/mol. The SMILES string of the molecule is O=C(Nc1ccccn1)c1cncn1-c1ccccc1. The van der Waals surface area contributed by atoms with Crippen LogP contribution in [0.2, 0.25) is 0 Å². The largest absolute Gasteiger partial charge is 0.305 e. The number of aromatic nitrogens is 3. The third-order valence-electron chi connectivity index (χ3n) is 2.81. The zero-order valence-corrected chi connectivity index (χ0v) is 10.6. The van der Waals surface area contributed by atoms with Crippen LogP contribution in [0, 0.1) is 0 Å². The van der Waals surface area contributed by atoms with E-state index in [2.05, 4.69) is 15.3 Å². The lowest BCUT2D eigenvalue weighted by atomic mass is 10.3. The molecule has 3 aromatic rings. The fourth-order valence-corrected chi connectivity index (χ4v) is 1.87. The summed E-state index contributed by atoms with van der Waals surface area (Å²) in [6, 6.07) is 14.9. The van der Waals surface area contributed by atoms with Crippen molar-refractivity contribution in [3.63, 3.8) is 0 Å². The summed E-state index contributed by atoms with van der Waals surface area (Å²) in [5.74, 6) is 0.267. The van der Waals surface area contributed by atoms with Gasteiger partial charge in [0.05, 0.1) is 12.5 Å². The summed E-state index contributed by atoms with van der Waals surface area (Å²) < 4.78 is 1.73. The third-order valence-corrected chi connectivity index (χ3v) is 2.81. The van der Waals surface area contributed by atoms with Gasteiger partial charge in [-0.1, -0.05) is 24.3 Å². The molecule has 0 atom stereocenters. The summed E-state index contributed by atoms with van der Waals surface area (Å²) in [6.45, 7) is 0. The molecule has 2 aromatic heterocycles. The molecule has 0 aliphatic rings. The highest BCUT2D eigenvalue weighted by Crippen LogP contribution is 2.12. The molecule has 98 valence electrons. The van der Waals surface area contributed by atoms with E-state index in [-0.39, 0.29) is 5.91 Å². The highest BCUT2D eigenvalue weighted by molar-refractivity contribution is 6.02. The number of anilines is 1. The summed E-state index contributed by atoms with van der Waals surface area (Å²) >= 11 is 0. The maximum Gasteiger partial charge on any atom is 0.275 e. The van der Waals surface area contributed by atoms with Crippen molar-refractivity contribution in [2.24, 2.45) is 0 Å². The number of rotatable bonds is 3. The number of nitrogens with one attached hydrogen (secondary N) is 1. The molecule has 3 rings (SSSR count). The van der Waals surface area contributed by atoms with Crippen molar-refractivity contribution in [1.82, 2.24) is 14.5 Å². The van der Waals surface area contributed by atoms with Crippen LogP contribution >= 0.6 is 0 Å². The van der Waals surface area contributed by atoms with Crippen LogP contribution in [-0.2, 0) is 0 Å². The minimum absolute atomic E-state index is 0.245. The smallest absolute Gasteiger partial charge is 0.275 e. The molecule has 0 aliphatic heterocycles. The zero-order chi connectivity index (χ0) is 13.8. The average Bonchev–Trinajstić information content (AvgIpc) is 2.99. The summed E-state index contributed by atoms with van der Waals surface area (Å²) in [5.41, 5.74) is 1.35. The Hall–Kier alpha value is -2.95. The maximum absolute atomic E-state index is 12.3. The van der Waals surface area contributed by atoms with Crippen molar-refractivity contribution >= 4 is 11.7 Å². The summed E-state index contributed by atoms with van der Waals surface area (Å²) in [7, 11) is 0. The number of nitrogens with zero attached hydrogens (tertiary/aromatic N) is 3. The van der Waals surface area contributed by atoms with Crippen LogP contribution in [0.1, 0.15) is 10.5 Å². The van der Waals surface area contributed by atoms with Crippen molar-refractivity contribution in [3.05, 3.63) is 72.9 Å².